The number of esters is 1. The molecule has 374 valence electrons. The number of unbranched alkanes of at least 4 members (excludes halogenated alkanes) is 12. The van der Waals surface area contributed by atoms with E-state index in [1.165, 1.54) is 125 Å². The first-order valence-corrected chi connectivity index (χ1v) is 29.5. The van der Waals surface area contributed by atoms with Gasteiger partial charge in [-0.25, -0.2) is 4.79 Å². The molecule has 0 N–H and O–H groups in total. The Kier molecular flexibility index (Phi) is 22.5. The van der Waals surface area contributed by atoms with E-state index in [1.807, 2.05) is 0 Å². The van der Waals surface area contributed by atoms with Crippen molar-refractivity contribution in [1.29, 1.82) is 0 Å². The Hall–Kier alpha value is -3.43. The summed E-state index contributed by atoms with van der Waals surface area (Å²) in [7, 11) is 0. The number of benzene rings is 5. The lowest BCUT2D eigenvalue weighted by Gasteiger charge is -2.28. The summed E-state index contributed by atoms with van der Waals surface area (Å²) in [5.74, 6) is -0.399. The van der Waals surface area contributed by atoms with Crippen molar-refractivity contribution < 1.29 is 9.53 Å². The van der Waals surface area contributed by atoms with Crippen LogP contribution in [-0.2, 0) is 10.3 Å². The van der Waals surface area contributed by atoms with Gasteiger partial charge in [-0.1, -0.05) is 189 Å². The van der Waals surface area contributed by atoms with Crippen molar-refractivity contribution in [2.45, 2.75) is 150 Å². The molecule has 0 saturated heterocycles. The third-order valence-corrected chi connectivity index (χ3v) is 18.5. The predicted octanol–water partition coefficient (Wildman–Crippen LogP) is 19.9. The SMILES string of the molecule is CCCCCCN(CCCCCC)c1ccc(C(=CC2(C=C(c3ccc(C)cc3)c3ccc(N(CCCCCC)CCCCCC)cc3)OC(=O)c3c(Br)c(Br)c(Br)c(Br)c32)c2ccc(C)cc2)cc1. The molecule has 0 aliphatic carbocycles. The van der Waals surface area contributed by atoms with E-state index in [-0.39, 0.29) is 0 Å². The van der Waals surface area contributed by atoms with Gasteiger partial charge in [0.05, 0.1) is 5.56 Å². The first kappa shape index (κ1) is 55.9. The summed E-state index contributed by atoms with van der Waals surface area (Å²) >= 11 is 15.5. The van der Waals surface area contributed by atoms with Crippen LogP contribution >= 0.6 is 63.7 Å². The van der Waals surface area contributed by atoms with Gasteiger partial charge in [0.25, 0.3) is 0 Å². The Morgan fingerprint density at radius 1 is 0.443 bits per heavy atom. The normalized spacial score (nSPS) is 14.8. The lowest BCUT2D eigenvalue weighted by atomic mass is 9.83. The quantitative estimate of drug-likeness (QED) is 0.0216. The molecule has 1 aliphatic heterocycles. The number of halogens is 4. The third kappa shape index (κ3) is 14.6. The van der Waals surface area contributed by atoms with Gasteiger partial charge in [0.2, 0.25) is 0 Å². The zero-order valence-corrected chi connectivity index (χ0v) is 49.1. The van der Waals surface area contributed by atoms with Gasteiger partial charge in [0.1, 0.15) is 0 Å². The maximum Gasteiger partial charge on any atom is 0.341 e. The van der Waals surface area contributed by atoms with Crippen molar-refractivity contribution >= 4 is 92.2 Å². The lowest BCUT2D eigenvalue weighted by molar-refractivity contribution is 0.0298. The molecule has 5 aromatic rings. The monoisotopic (exact) mass is 1200 g/mol. The number of carbonyl (C=O) groups excluding carboxylic acids is 1. The number of carbonyl (C=O) groups is 1. The molecule has 8 heteroatoms. The van der Waals surface area contributed by atoms with E-state index >= 15 is 0 Å². The molecule has 0 fully saturated rings. The Morgan fingerprint density at radius 3 is 1.09 bits per heavy atom. The van der Waals surface area contributed by atoms with Gasteiger partial charge in [-0.05, 0) is 173 Å². The molecular formula is C62H76Br4N2O2. The maximum absolute atomic E-state index is 14.7. The molecule has 0 saturated carbocycles. The van der Waals surface area contributed by atoms with Crippen molar-refractivity contribution in [3.8, 4) is 0 Å². The molecule has 5 aromatic carbocycles. The molecule has 1 aliphatic rings. The molecule has 4 nitrogen and oxygen atoms in total. The van der Waals surface area contributed by atoms with Crippen molar-refractivity contribution in [2.75, 3.05) is 36.0 Å². The first-order chi connectivity index (χ1) is 33.9. The number of fused-ring (bicyclic) bond motifs is 1. The van der Waals surface area contributed by atoms with E-state index < -0.39 is 11.6 Å². The highest BCUT2D eigenvalue weighted by molar-refractivity contribution is 9.15. The van der Waals surface area contributed by atoms with Gasteiger partial charge in [-0.15, -0.1) is 0 Å². The summed E-state index contributed by atoms with van der Waals surface area (Å²) in [6, 6.07) is 35.7. The topological polar surface area (TPSA) is 32.8 Å². The van der Waals surface area contributed by atoms with Crippen molar-refractivity contribution in [2.24, 2.45) is 0 Å². The number of hydrogen-bond donors (Lipinski definition) is 0. The molecule has 70 heavy (non-hydrogen) atoms. The highest BCUT2D eigenvalue weighted by Gasteiger charge is 2.48. The highest BCUT2D eigenvalue weighted by atomic mass is 79.9. The van der Waals surface area contributed by atoms with Crippen LogP contribution in [0, 0.1) is 13.8 Å². The number of anilines is 2. The minimum absolute atomic E-state index is 0.399. The van der Waals surface area contributed by atoms with Gasteiger partial charge in [0.15, 0.2) is 5.60 Å². The van der Waals surface area contributed by atoms with E-state index in [4.69, 9.17) is 4.74 Å². The van der Waals surface area contributed by atoms with E-state index in [1.54, 1.807) is 0 Å². The third-order valence-electron chi connectivity index (χ3n) is 13.8. The molecule has 0 bridgehead atoms. The minimum atomic E-state index is -1.36. The molecule has 0 unspecified atom stereocenters. The van der Waals surface area contributed by atoms with Crippen LogP contribution in [0.5, 0.6) is 0 Å². The van der Waals surface area contributed by atoms with Gasteiger partial charge < -0.3 is 14.5 Å². The van der Waals surface area contributed by atoms with Crippen LogP contribution in [-0.4, -0.2) is 32.1 Å². The maximum atomic E-state index is 14.7. The largest absolute Gasteiger partial charge is 0.442 e. The second kappa shape index (κ2) is 28.1. The van der Waals surface area contributed by atoms with E-state index in [9.17, 15) is 4.79 Å². The predicted molar refractivity (Wildman–Crippen MR) is 315 cm³/mol. The van der Waals surface area contributed by atoms with Crippen LogP contribution < -0.4 is 9.80 Å². The lowest BCUT2D eigenvalue weighted by Crippen LogP contribution is -2.26. The fraction of sp³-hybridized carbons (Fsp3) is 0.435. The summed E-state index contributed by atoms with van der Waals surface area (Å²) in [6.45, 7) is 17.6. The molecular weight excluding hydrogens is 1120 g/mol. The van der Waals surface area contributed by atoms with E-state index in [0.29, 0.717) is 10.0 Å². The number of aryl methyl sites for hydroxylation is 2. The number of rotatable bonds is 28. The summed E-state index contributed by atoms with van der Waals surface area (Å²) in [6.07, 6.45) is 24.1. The summed E-state index contributed by atoms with van der Waals surface area (Å²) in [5.41, 5.74) is 10.8. The van der Waals surface area contributed by atoms with Crippen molar-refractivity contribution in [1.82, 2.24) is 0 Å². The number of ether oxygens (including phenoxy) is 1. The highest BCUT2D eigenvalue weighted by Crippen LogP contribution is 2.54. The van der Waals surface area contributed by atoms with Crippen LogP contribution in [0.25, 0.3) is 11.1 Å². The first-order valence-electron chi connectivity index (χ1n) is 26.3. The number of hydrogen-bond acceptors (Lipinski definition) is 4. The average Bonchev–Trinajstić information content (AvgIpc) is 3.66. The molecule has 0 atom stereocenters. The second-order valence-electron chi connectivity index (χ2n) is 19.3. The van der Waals surface area contributed by atoms with E-state index in [0.717, 1.165) is 78.6 Å². The summed E-state index contributed by atoms with van der Waals surface area (Å²) < 4.78 is 9.88. The average molecular weight is 1200 g/mol. The molecule has 0 spiro atoms. The fourth-order valence-corrected chi connectivity index (χ4v) is 12.2. The zero-order chi connectivity index (χ0) is 50.0. The molecule has 0 amide bonds. The Labute approximate surface area is 455 Å². The molecule has 6 rings (SSSR count). The zero-order valence-electron chi connectivity index (χ0n) is 42.8. The van der Waals surface area contributed by atoms with Gasteiger partial charge in [-0.2, -0.15) is 0 Å². The Morgan fingerprint density at radius 2 is 0.757 bits per heavy atom. The molecule has 0 radical (unpaired) electrons. The van der Waals surface area contributed by atoms with Crippen LogP contribution in [0.2, 0.25) is 0 Å². The summed E-state index contributed by atoms with van der Waals surface area (Å²) in [4.78, 5) is 19.9. The standard InChI is InChI=1S/C62H76Br4N2O2/c1-7-11-15-19-39-67(40-20-16-12-8-2)51-35-31-49(32-36-51)53(47-27-23-45(5)24-28-47)43-62(56-55(61(69)70-62)57(63)59(65)60(66)58(56)64)44-54(48-29-25-46(6)26-30-48)50-33-37-52(38-34-50)68(41-21-17-13-9-3)42-22-18-14-10-4/h23-38,43-44H,7-22,39-42H2,1-6H3. The summed E-state index contributed by atoms with van der Waals surface area (Å²) in [5, 5.41) is 0. The van der Waals surface area contributed by atoms with Crippen LogP contribution in [0.4, 0.5) is 11.4 Å². The van der Waals surface area contributed by atoms with Crippen LogP contribution in [0.3, 0.4) is 0 Å². The van der Waals surface area contributed by atoms with Crippen molar-refractivity contribution in [3.05, 3.63) is 172 Å². The van der Waals surface area contributed by atoms with E-state index in [2.05, 4.69) is 224 Å². The Bertz CT molecular complexity index is 2340. The second-order valence-corrected chi connectivity index (χ2v) is 22.5. The molecule has 0 aromatic heterocycles. The number of cyclic esters (lactones) is 1. The Balaban J connectivity index is 1.56. The van der Waals surface area contributed by atoms with Gasteiger partial charge in [-0.3, -0.25) is 0 Å². The van der Waals surface area contributed by atoms with Crippen molar-refractivity contribution in [3.63, 3.8) is 0 Å². The van der Waals surface area contributed by atoms with Gasteiger partial charge >= 0.3 is 5.97 Å². The van der Waals surface area contributed by atoms with Gasteiger partial charge in [0, 0.05) is 61.0 Å². The minimum Gasteiger partial charge on any atom is -0.442 e. The number of nitrogens with zero attached hydrogens (tertiary/aromatic N) is 2. The fourth-order valence-electron chi connectivity index (χ4n) is 9.61. The molecule has 1 heterocycles. The van der Waals surface area contributed by atoms with Crippen LogP contribution in [0.1, 0.15) is 180 Å². The smallest absolute Gasteiger partial charge is 0.341 e. The van der Waals surface area contributed by atoms with Crippen LogP contribution in [0.15, 0.2) is 127 Å².